The number of aliphatic hydroxyl groups excluding tert-OH is 1. The summed E-state index contributed by atoms with van der Waals surface area (Å²) < 4.78 is 19.8. The second-order valence-electron chi connectivity index (χ2n) is 8.43. The molecule has 0 aliphatic carbocycles. The van der Waals surface area contributed by atoms with Crippen LogP contribution in [0.25, 0.3) is 21.3 Å². The monoisotopic (exact) mass is 447 g/mol. The topological polar surface area (TPSA) is 78.5 Å². The van der Waals surface area contributed by atoms with Gasteiger partial charge < -0.3 is 14.8 Å². The highest BCUT2D eigenvalue weighted by Gasteiger charge is 2.19. The van der Waals surface area contributed by atoms with Crippen molar-refractivity contribution in [2.45, 2.75) is 46.4 Å². The third kappa shape index (κ3) is 5.98. The van der Waals surface area contributed by atoms with Gasteiger partial charge in [-0.15, -0.1) is 11.3 Å². The predicted molar refractivity (Wildman–Crippen MR) is 123 cm³/mol. The van der Waals surface area contributed by atoms with Gasteiger partial charge in [-0.25, -0.2) is 9.37 Å². The zero-order chi connectivity index (χ0) is 22.5. The lowest BCUT2D eigenvalue weighted by atomic mass is 10.1. The Kier molecular flexibility index (Phi) is 7.94. The van der Waals surface area contributed by atoms with Gasteiger partial charge in [-0.3, -0.25) is 9.69 Å². The Morgan fingerprint density at radius 3 is 2.61 bits per heavy atom. The summed E-state index contributed by atoms with van der Waals surface area (Å²) in [6.45, 7) is 9.84. The van der Waals surface area contributed by atoms with Crippen LogP contribution in [-0.4, -0.2) is 51.9 Å². The standard InChI is InChI=1S/C23H30FN3O3S/c1-14(2)11-30-12-16(28)9-27(15(3)4)10-20-25-22(29)21-18(13-31-23(21)26-20)17-7-5-6-8-19(17)24/h5-8,13-16,28H,9-12H2,1-4H3,(H,25,26,29). The zero-order valence-corrected chi connectivity index (χ0v) is 19.2. The molecular formula is C23H30FN3O3S. The summed E-state index contributed by atoms with van der Waals surface area (Å²) in [6.07, 6.45) is -0.633. The van der Waals surface area contributed by atoms with Crippen LogP contribution in [0.15, 0.2) is 34.4 Å². The molecule has 1 unspecified atom stereocenters. The number of nitrogens with one attached hydrogen (secondary N) is 1. The third-order valence-corrected chi connectivity index (χ3v) is 5.82. The van der Waals surface area contributed by atoms with Crippen LogP contribution in [0, 0.1) is 11.7 Å². The Balaban J connectivity index is 1.79. The van der Waals surface area contributed by atoms with E-state index in [0.717, 1.165) is 0 Å². The molecule has 0 fully saturated rings. The SMILES string of the molecule is CC(C)COCC(O)CN(Cc1nc2scc(-c3ccccc3F)c2c(=O)[nH]1)C(C)C. The molecule has 0 bridgehead atoms. The number of halogens is 1. The lowest BCUT2D eigenvalue weighted by molar-refractivity contribution is 0.00129. The van der Waals surface area contributed by atoms with Crippen molar-refractivity contribution in [2.75, 3.05) is 19.8 Å². The van der Waals surface area contributed by atoms with Crippen LogP contribution in [0.4, 0.5) is 4.39 Å². The van der Waals surface area contributed by atoms with Gasteiger partial charge in [-0.05, 0) is 25.8 Å². The maximum absolute atomic E-state index is 14.2. The zero-order valence-electron chi connectivity index (χ0n) is 18.4. The highest BCUT2D eigenvalue weighted by Crippen LogP contribution is 2.32. The Hall–Kier alpha value is -2.13. The number of ether oxygens (including phenoxy) is 1. The number of thiophene rings is 1. The van der Waals surface area contributed by atoms with Gasteiger partial charge in [0.05, 0.1) is 24.6 Å². The number of aromatic nitrogens is 2. The molecule has 3 aromatic rings. The number of nitrogens with zero attached hydrogens (tertiary/aromatic N) is 2. The highest BCUT2D eigenvalue weighted by atomic mass is 32.1. The molecule has 0 saturated carbocycles. The van der Waals surface area contributed by atoms with Crippen molar-refractivity contribution in [1.29, 1.82) is 0 Å². The number of fused-ring (bicyclic) bond motifs is 1. The molecule has 1 atom stereocenters. The Morgan fingerprint density at radius 2 is 1.94 bits per heavy atom. The minimum atomic E-state index is -0.633. The van der Waals surface area contributed by atoms with Crippen LogP contribution >= 0.6 is 11.3 Å². The van der Waals surface area contributed by atoms with Crippen molar-refractivity contribution in [3.63, 3.8) is 0 Å². The maximum Gasteiger partial charge on any atom is 0.260 e. The van der Waals surface area contributed by atoms with E-state index >= 15 is 0 Å². The average molecular weight is 448 g/mol. The van der Waals surface area contributed by atoms with Crippen molar-refractivity contribution in [1.82, 2.24) is 14.9 Å². The number of aromatic amines is 1. The molecule has 2 aromatic heterocycles. The summed E-state index contributed by atoms with van der Waals surface area (Å²) in [6, 6.07) is 6.54. The van der Waals surface area contributed by atoms with Gasteiger partial charge >= 0.3 is 0 Å². The third-order valence-electron chi connectivity index (χ3n) is 4.95. The van der Waals surface area contributed by atoms with E-state index in [0.29, 0.717) is 52.8 Å². The normalized spacial score (nSPS) is 13.1. The molecule has 3 rings (SSSR count). The van der Waals surface area contributed by atoms with Crippen LogP contribution < -0.4 is 5.56 Å². The van der Waals surface area contributed by atoms with E-state index in [1.807, 2.05) is 18.7 Å². The number of rotatable bonds is 10. The second kappa shape index (κ2) is 10.5. The van der Waals surface area contributed by atoms with E-state index in [-0.39, 0.29) is 24.0 Å². The first-order valence-electron chi connectivity index (χ1n) is 10.5. The lowest BCUT2D eigenvalue weighted by Gasteiger charge is -2.28. The molecule has 6 nitrogen and oxygen atoms in total. The number of benzene rings is 1. The minimum Gasteiger partial charge on any atom is -0.389 e. The molecule has 0 aliphatic heterocycles. The molecule has 8 heteroatoms. The van der Waals surface area contributed by atoms with Crippen LogP contribution in [0.5, 0.6) is 0 Å². The predicted octanol–water partition coefficient (Wildman–Crippen LogP) is 4.03. The van der Waals surface area contributed by atoms with Crippen LogP contribution in [0.1, 0.15) is 33.5 Å². The van der Waals surface area contributed by atoms with Crippen LogP contribution in [0.2, 0.25) is 0 Å². The molecule has 0 spiro atoms. The Morgan fingerprint density at radius 1 is 1.19 bits per heavy atom. The van der Waals surface area contributed by atoms with Gasteiger partial charge in [0.2, 0.25) is 0 Å². The van der Waals surface area contributed by atoms with Crippen molar-refractivity contribution in [3.05, 3.63) is 51.6 Å². The molecule has 0 saturated heterocycles. The van der Waals surface area contributed by atoms with E-state index in [1.165, 1.54) is 17.4 Å². The van der Waals surface area contributed by atoms with Crippen LogP contribution in [-0.2, 0) is 11.3 Å². The van der Waals surface area contributed by atoms with Gasteiger partial charge in [-0.1, -0.05) is 32.0 Å². The summed E-state index contributed by atoms with van der Waals surface area (Å²) in [7, 11) is 0. The molecular weight excluding hydrogens is 417 g/mol. The minimum absolute atomic E-state index is 0.137. The molecule has 168 valence electrons. The number of hydrogen-bond donors (Lipinski definition) is 2. The first-order valence-corrected chi connectivity index (χ1v) is 11.4. The highest BCUT2D eigenvalue weighted by molar-refractivity contribution is 7.17. The van der Waals surface area contributed by atoms with Crippen molar-refractivity contribution in [2.24, 2.45) is 5.92 Å². The molecule has 0 amide bonds. The lowest BCUT2D eigenvalue weighted by Crippen LogP contribution is -2.39. The van der Waals surface area contributed by atoms with Gasteiger partial charge in [0.1, 0.15) is 16.5 Å². The summed E-state index contributed by atoms with van der Waals surface area (Å²) in [4.78, 5) is 22.9. The van der Waals surface area contributed by atoms with Gasteiger partial charge in [-0.2, -0.15) is 0 Å². The van der Waals surface area contributed by atoms with Crippen LogP contribution in [0.3, 0.4) is 0 Å². The summed E-state index contributed by atoms with van der Waals surface area (Å²) in [5, 5.41) is 12.5. The summed E-state index contributed by atoms with van der Waals surface area (Å²) in [5.41, 5.74) is 0.656. The summed E-state index contributed by atoms with van der Waals surface area (Å²) >= 11 is 1.32. The molecule has 2 N–H and O–H groups in total. The second-order valence-corrected chi connectivity index (χ2v) is 9.29. The van der Waals surface area contributed by atoms with E-state index in [2.05, 4.69) is 23.8 Å². The first kappa shape index (κ1) is 23.5. The smallest absolute Gasteiger partial charge is 0.260 e. The number of aliphatic hydroxyl groups is 1. The fourth-order valence-corrected chi connectivity index (χ4v) is 4.32. The first-order chi connectivity index (χ1) is 14.8. The average Bonchev–Trinajstić information content (AvgIpc) is 3.11. The van der Waals surface area contributed by atoms with Gasteiger partial charge in [0.15, 0.2) is 0 Å². The van der Waals surface area contributed by atoms with E-state index in [4.69, 9.17) is 4.74 Å². The molecule has 0 radical (unpaired) electrons. The fourth-order valence-electron chi connectivity index (χ4n) is 3.36. The van der Waals surface area contributed by atoms with Crippen molar-refractivity contribution < 1.29 is 14.2 Å². The van der Waals surface area contributed by atoms with E-state index in [9.17, 15) is 14.3 Å². The number of H-pyrrole nitrogens is 1. The van der Waals surface area contributed by atoms with Gasteiger partial charge in [0, 0.05) is 35.7 Å². The molecule has 0 aliphatic rings. The molecule has 31 heavy (non-hydrogen) atoms. The molecule has 1 aromatic carbocycles. The van der Waals surface area contributed by atoms with E-state index < -0.39 is 6.10 Å². The van der Waals surface area contributed by atoms with Crippen molar-refractivity contribution in [3.8, 4) is 11.1 Å². The Labute approximate surface area is 185 Å². The quantitative estimate of drug-likeness (QED) is 0.491. The Bertz CT molecular complexity index is 1060. The van der Waals surface area contributed by atoms with Gasteiger partial charge in [0.25, 0.3) is 5.56 Å². The molecule has 2 heterocycles. The largest absolute Gasteiger partial charge is 0.389 e. The van der Waals surface area contributed by atoms with E-state index in [1.54, 1.807) is 23.6 Å². The number of hydrogen-bond acceptors (Lipinski definition) is 6. The maximum atomic E-state index is 14.2. The fraction of sp³-hybridized carbons (Fsp3) is 0.478. The summed E-state index contributed by atoms with van der Waals surface area (Å²) in [5.74, 6) is 0.559. The van der Waals surface area contributed by atoms with Crippen molar-refractivity contribution >= 4 is 21.6 Å².